The van der Waals surface area contributed by atoms with Crippen LogP contribution in [0.15, 0.2) is 67.0 Å². The molecule has 1 N–H and O–H groups in total. The fourth-order valence-corrected chi connectivity index (χ4v) is 4.07. The quantitative estimate of drug-likeness (QED) is 0.617. The van der Waals surface area contributed by atoms with E-state index in [0.29, 0.717) is 18.1 Å². The van der Waals surface area contributed by atoms with E-state index >= 15 is 0 Å². The Hall–Kier alpha value is -3.12. The fourth-order valence-electron chi connectivity index (χ4n) is 3.94. The summed E-state index contributed by atoms with van der Waals surface area (Å²) in [6, 6.07) is 17.0. The number of hydrogen-bond acceptors (Lipinski definition) is 3. The average molecular weight is 437 g/mol. The number of likely N-dealkylation sites (tertiary alicyclic amines) is 1. The summed E-state index contributed by atoms with van der Waals surface area (Å²) in [5.74, 6) is 0.230. The van der Waals surface area contributed by atoms with Crippen LogP contribution in [0.2, 0.25) is 5.02 Å². The second-order valence-corrected chi connectivity index (χ2v) is 8.30. The first kappa shape index (κ1) is 21.1. The highest BCUT2D eigenvalue weighted by atomic mass is 35.5. The number of nitrogens with one attached hydrogen (secondary N) is 1. The van der Waals surface area contributed by atoms with Gasteiger partial charge in [-0.2, -0.15) is 0 Å². The van der Waals surface area contributed by atoms with Crippen LogP contribution in [0.3, 0.4) is 0 Å². The van der Waals surface area contributed by atoms with E-state index in [1.807, 2.05) is 60.3 Å². The molecule has 1 aromatic heterocycles. The lowest BCUT2D eigenvalue weighted by molar-refractivity contribution is -0.129. The van der Waals surface area contributed by atoms with Crippen molar-refractivity contribution in [1.82, 2.24) is 19.8 Å². The molecule has 1 aliphatic rings. The summed E-state index contributed by atoms with van der Waals surface area (Å²) in [6.07, 6.45) is 4.56. The molecule has 1 aliphatic heterocycles. The highest BCUT2D eigenvalue weighted by Crippen LogP contribution is 2.25. The van der Waals surface area contributed by atoms with E-state index in [1.54, 1.807) is 23.2 Å². The van der Waals surface area contributed by atoms with Gasteiger partial charge in [0.25, 0.3) is 0 Å². The Morgan fingerprint density at radius 2 is 1.94 bits per heavy atom. The normalized spacial score (nSPS) is 17.0. The molecular formula is C24H25ClN4O2. The van der Waals surface area contributed by atoms with Crippen molar-refractivity contribution >= 4 is 23.4 Å². The maximum Gasteiger partial charge on any atom is 0.226 e. The minimum atomic E-state index is -0.418. The Balaban J connectivity index is 1.44. The van der Waals surface area contributed by atoms with E-state index in [-0.39, 0.29) is 24.2 Å². The summed E-state index contributed by atoms with van der Waals surface area (Å²) < 4.78 is 1.88. The number of carbonyl (C=O) groups excluding carboxylic acids is 2. The van der Waals surface area contributed by atoms with Crippen LogP contribution in [-0.4, -0.2) is 39.4 Å². The Kier molecular flexibility index (Phi) is 6.37. The Labute approximate surface area is 186 Å². The molecule has 6 nitrogen and oxygen atoms in total. The predicted molar refractivity (Wildman–Crippen MR) is 119 cm³/mol. The number of imidazole rings is 1. The molecule has 3 aromatic rings. The summed E-state index contributed by atoms with van der Waals surface area (Å²) in [4.78, 5) is 31.8. The summed E-state index contributed by atoms with van der Waals surface area (Å²) >= 11 is 6.04. The zero-order chi connectivity index (χ0) is 21.8. The number of nitrogens with zero attached hydrogens (tertiary/aromatic N) is 3. The molecule has 1 saturated heterocycles. The smallest absolute Gasteiger partial charge is 0.226 e. The predicted octanol–water partition coefficient (Wildman–Crippen LogP) is 3.37. The van der Waals surface area contributed by atoms with E-state index < -0.39 is 6.04 Å². The summed E-state index contributed by atoms with van der Waals surface area (Å²) in [6.45, 7) is 1.05. The first-order chi connectivity index (χ1) is 15.0. The van der Waals surface area contributed by atoms with E-state index in [9.17, 15) is 9.59 Å². The van der Waals surface area contributed by atoms with Gasteiger partial charge in [0.05, 0.1) is 5.92 Å². The molecule has 0 radical (unpaired) electrons. The second kappa shape index (κ2) is 9.35. The van der Waals surface area contributed by atoms with Crippen LogP contribution in [0.1, 0.15) is 29.4 Å². The molecule has 2 amide bonds. The van der Waals surface area contributed by atoms with Gasteiger partial charge in [0.2, 0.25) is 11.8 Å². The topological polar surface area (TPSA) is 67.2 Å². The van der Waals surface area contributed by atoms with Crippen LogP contribution in [0.25, 0.3) is 0 Å². The lowest BCUT2D eigenvalue weighted by Gasteiger charge is -2.21. The number of hydrogen-bond donors (Lipinski definition) is 1. The van der Waals surface area contributed by atoms with Crippen molar-refractivity contribution in [3.63, 3.8) is 0 Å². The maximum atomic E-state index is 13.1. The summed E-state index contributed by atoms with van der Waals surface area (Å²) in [7, 11) is 1.89. The van der Waals surface area contributed by atoms with Crippen molar-refractivity contribution in [2.45, 2.75) is 18.9 Å². The van der Waals surface area contributed by atoms with Crippen molar-refractivity contribution in [3.8, 4) is 0 Å². The minimum absolute atomic E-state index is 0.0242. The van der Waals surface area contributed by atoms with Gasteiger partial charge < -0.3 is 14.8 Å². The van der Waals surface area contributed by atoms with Gasteiger partial charge in [-0.25, -0.2) is 4.98 Å². The number of aryl methyl sites for hydroxylation is 1. The van der Waals surface area contributed by atoms with Gasteiger partial charge in [-0.05, 0) is 29.7 Å². The van der Waals surface area contributed by atoms with Crippen molar-refractivity contribution in [1.29, 1.82) is 0 Å². The monoisotopic (exact) mass is 436 g/mol. The van der Waals surface area contributed by atoms with Crippen LogP contribution >= 0.6 is 11.6 Å². The van der Waals surface area contributed by atoms with E-state index in [2.05, 4.69) is 10.3 Å². The first-order valence-electron chi connectivity index (χ1n) is 10.4. The Morgan fingerprint density at radius 1 is 1.19 bits per heavy atom. The van der Waals surface area contributed by atoms with Crippen LogP contribution in [0.5, 0.6) is 0 Å². The third-order valence-electron chi connectivity index (χ3n) is 5.71. The molecule has 0 bridgehead atoms. The molecule has 0 saturated carbocycles. The van der Waals surface area contributed by atoms with Gasteiger partial charge in [-0.1, -0.05) is 54.1 Å². The SMILES string of the molecule is Cn1ccnc1C(NC(=O)C1CC(=O)N(CCc2ccccc2)C1)c1ccc(Cl)cc1. The molecule has 7 heteroatoms. The molecule has 31 heavy (non-hydrogen) atoms. The summed E-state index contributed by atoms with van der Waals surface area (Å²) in [5.41, 5.74) is 2.07. The zero-order valence-electron chi connectivity index (χ0n) is 17.4. The molecule has 0 spiro atoms. The molecule has 0 aliphatic carbocycles. The number of halogens is 1. The third kappa shape index (κ3) is 4.97. The molecule has 2 unspecified atom stereocenters. The highest BCUT2D eigenvalue weighted by Gasteiger charge is 2.35. The van der Waals surface area contributed by atoms with Gasteiger partial charge >= 0.3 is 0 Å². The largest absolute Gasteiger partial charge is 0.342 e. The molecule has 160 valence electrons. The zero-order valence-corrected chi connectivity index (χ0v) is 18.1. The Bertz CT molecular complexity index is 1050. The molecular weight excluding hydrogens is 412 g/mol. The number of aromatic nitrogens is 2. The lowest BCUT2D eigenvalue weighted by Crippen LogP contribution is -2.37. The highest BCUT2D eigenvalue weighted by molar-refractivity contribution is 6.30. The van der Waals surface area contributed by atoms with Gasteiger partial charge in [-0.15, -0.1) is 0 Å². The Morgan fingerprint density at radius 3 is 2.61 bits per heavy atom. The van der Waals surface area contributed by atoms with Gasteiger partial charge in [0.15, 0.2) is 0 Å². The van der Waals surface area contributed by atoms with Crippen molar-refractivity contribution in [3.05, 3.63) is 89.0 Å². The number of rotatable bonds is 7. The fraction of sp³-hybridized carbons (Fsp3) is 0.292. The number of benzene rings is 2. The number of amides is 2. The molecule has 4 rings (SSSR count). The molecule has 2 atom stereocenters. The lowest BCUT2D eigenvalue weighted by atomic mass is 10.0. The minimum Gasteiger partial charge on any atom is -0.342 e. The van der Waals surface area contributed by atoms with Crippen molar-refractivity contribution in [2.24, 2.45) is 13.0 Å². The van der Waals surface area contributed by atoms with Crippen molar-refractivity contribution in [2.75, 3.05) is 13.1 Å². The van der Waals surface area contributed by atoms with Crippen LogP contribution < -0.4 is 5.32 Å². The van der Waals surface area contributed by atoms with Crippen LogP contribution in [-0.2, 0) is 23.1 Å². The number of carbonyl (C=O) groups is 2. The standard InChI is InChI=1S/C24H25ClN4O2/c1-28-14-12-26-23(28)22(18-7-9-20(25)10-8-18)27-24(31)19-15-21(30)29(16-19)13-11-17-5-3-2-4-6-17/h2-10,12,14,19,22H,11,13,15-16H2,1H3,(H,27,31). The van der Waals surface area contributed by atoms with Crippen molar-refractivity contribution < 1.29 is 9.59 Å². The molecule has 2 aromatic carbocycles. The van der Waals surface area contributed by atoms with Crippen LogP contribution in [0, 0.1) is 5.92 Å². The molecule has 2 heterocycles. The van der Waals surface area contributed by atoms with Gasteiger partial charge in [-0.3, -0.25) is 9.59 Å². The molecule has 1 fully saturated rings. The second-order valence-electron chi connectivity index (χ2n) is 7.87. The first-order valence-corrected chi connectivity index (χ1v) is 10.7. The average Bonchev–Trinajstić information content (AvgIpc) is 3.37. The third-order valence-corrected chi connectivity index (χ3v) is 5.96. The summed E-state index contributed by atoms with van der Waals surface area (Å²) in [5, 5.41) is 3.74. The van der Waals surface area contributed by atoms with Gasteiger partial charge in [0, 0.05) is 44.0 Å². The van der Waals surface area contributed by atoms with Gasteiger partial charge in [0.1, 0.15) is 11.9 Å². The van der Waals surface area contributed by atoms with E-state index in [1.165, 1.54) is 5.56 Å². The van der Waals surface area contributed by atoms with Crippen LogP contribution in [0.4, 0.5) is 0 Å². The van der Waals surface area contributed by atoms with E-state index in [0.717, 1.165) is 17.8 Å². The van der Waals surface area contributed by atoms with E-state index in [4.69, 9.17) is 11.6 Å². The maximum absolute atomic E-state index is 13.1.